The van der Waals surface area contributed by atoms with Crippen molar-refractivity contribution in [3.63, 3.8) is 0 Å². The highest BCUT2D eigenvalue weighted by Gasteiger charge is 2.34. The first-order valence-electron chi connectivity index (χ1n) is 8.44. The number of benzene rings is 2. The molecule has 2 aromatic rings. The number of halogens is 6. The number of alkyl halides is 3. The summed E-state index contributed by atoms with van der Waals surface area (Å²) in [6, 6.07) is 3.62. The van der Waals surface area contributed by atoms with Crippen molar-refractivity contribution in [1.29, 1.82) is 0 Å². The van der Waals surface area contributed by atoms with E-state index in [1.165, 1.54) is 12.1 Å². The highest BCUT2D eigenvalue weighted by molar-refractivity contribution is 6.37. The highest BCUT2D eigenvalue weighted by Crippen LogP contribution is 2.38. The fraction of sp³-hybridized carbons (Fsp3) is 0.118. The number of ether oxygens (including phenoxy) is 1. The number of carbonyl (C=O) groups excluding carboxylic acids is 2. The molecule has 0 saturated heterocycles. The van der Waals surface area contributed by atoms with E-state index in [1.54, 1.807) is 0 Å². The molecule has 0 bridgehead atoms. The van der Waals surface area contributed by atoms with Gasteiger partial charge in [0.1, 0.15) is 17.3 Å². The number of nitrogens with zero attached hydrogens (tertiary/aromatic N) is 2. The Morgan fingerprint density at radius 2 is 1.75 bits per heavy atom. The Hall–Kier alpha value is -3.65. The summed E-state index contributed by atoms with van der Waals surface area (Å²) in [5.41, 5.74) is 3.05. The Morgan fingerprint density at radius 1 is 1.09 bits per heavy atom. The van der Waals surface area contributed by atoms with Gasteiger partial charge in [0, 0.05) is 13.1 Å². The van der Waals surface area contributed by atoms with E-state index in [2.05, 4.69) is 26.2 Å². The van der Waals surface area contributed by atoms with E-state index in [1.807, 2.05) is 5.32 Å². The summed E-state index contributed by atoms with van der Waals surface area (Å²) < 4.78 is 69.2. The van der Waals surface area contributed by atoms with Gasteiger partial charge in [0.15, 0.2) is 5.75 Å². The van der Waals surface area contributed by atoms with E-state index in [0.29, 0.717) is 6.07 Å². The van der Waals surface area contributed by atoms with E-state index in [4.69, 9.17) is 11.6 Å². The van der Waals surface area contributed by atoms with Gasteiger partial charge in [-0.2, -0.15) is 0 Å². The molecule has 4 N–H and O–H groups in total. The van der Waals surface area contributed by atoms with Crippen molar-refractivity contribution in [2.24, 2.45) is 5.10 Å². The van der Waals surface area contributed by atoms with Gasteiger partial charge in [0.2, 0.25) is 5.96 Å². The maximum atomic E-state index is 13.9. The average molecular weight is 479 g/mol. The van der Waals surface area contributed by atoms with Gasteiger partial charge < -0.3 is 10.1 Å². The Balaban J connectivity index is 1.97. The van der Waals surface area contributed by atoms with Crippen molar-refractivity contribution >= 4 is 35.1 Å². The Labute approximate surface area is 181 Å². The summed E-state index contributed by atoms with van der Waals surface area (Å²) in [5.74, 6) is -5.36. The molecular weight excluding hydrogens is 467 g/mol. The first-order chi connectivity index (χ1) is 15.0. The van der Waals surface area contributed by atoms with Gasteiger partial charge in [-0.15, -0.1) is 23.8 Å². The fourth-order valence-electron chi connectivity index (χ4n) is 2.48. The van der Waals surface area contributed by atoms with Gasteiger partial charge in [-0.1, -0.05) is 11.6 Å². The van der Waals surface area contributed by atoms with Crippen LogP contribution < -0.4 is 26.4 Å². The molecule has 0 spiro atoms. The number of carbonyl (C=O) groups is 2. The zero-order valence-corrected chi connectivity index (χ0v) is 16.5. The molecule has 0 aromatic heterocycles. The third-order valence-electron chi connectivity index (χ3n) is 3.91. The largest absolute Gasteiger partial charge is 0.573 e. The van der Waals surface area contributed by atoms with Crippen LogP contribution in [0.5, 0.6) is 5.75 Å². The lowest BCUT2D eigenvalue weighted by Crippen LogP contribution is -2.45. The minimum absolute atomic E-state index is 0.000605. The number of hydrazine groups is 2. The third-order valence-corrected chi connectivity index (χ3v) is 4.30. The number of anilines is 1. The Kier molecular flexibility index (Phi) is 6.36. The zero-order chi connectivity index (χ0) is 23.6. The Morgan fingerprint density at radius 3 is 2.34 bits per heavy atom. The number of amides is 2. The van der Waals surface area contributed by atoms with Crippen LogP contribution in [-0.4, -0.2) is 36.2 Å². The number of rotatable bonds is 4. The van der Waals surface area contributed by atoms with Gasteiger partial charge in [-0.25, -0.2) is 14.3 Å². The molecule has 0 unspecified atom stereocenters. The van der Waals surface area contributed by atoms with Crippen LogP contribution in [0.4, 0.5) is 27.6 Å². The fourth-order valence-corrected chi connectivity index (χ4v) is 2.77. The van der Waals surface area contributed by atoms with Crippen LogP contribution in [0, 0.1) is 11.6 Å². The van der Waals surface area contributed by atoms with Crippen LogP contribution in [0.2, 0.25) is 5.02 Å². The average Bonchev–Trinajstić information content (AvgIpc) is 3.07. The van der Waals surface area contributed by atoms with Crippen LogP contribution >= 0.6 is 11.6 Å². The van der Waals surface area contributed by atoms with Crippen LogP contribution in [-0.2, 0) is 0 Å². The van der Waals surface area contributed by atoms with Crippen LogP contribution in [0.1, 0.15) is 20.7 Å². The maximum absolute atomic E-state index is 13.9. The molecule has 0 saturated carbocycles. The minimum Gasteiger partial charge on any atom is -0.404 e. The molecule has 1 aliphatic heterocycles. The third kappa shape index (κ3) is 5.15. The van der Waals surface area contributed by atoms with Gasteiger partial charge in [0.25, 0.3) is 11.8 Å². The van der Waals surface area contributed by atoms with E-state index in [9.17, 15) is 31.5 Å². The summed E-state index contributed by atoms with van der Waals surface area (Å²) in [5, 5.41) is 8.63. The molecule has 1 aliphatic rings. The number of hydrazone groups is 1. The van der Waals surface area contributed by atoms with E-state index >= 15 is 0 Å². The lowest BCUT2D eigenvalue weighted by Gasteiger charge is -2.18. The first-order valence-corrected chi connectivity index (χ1v) is 8.82. The van der Waals surface area contributed by atoms with Crippen molar-refractivity contribution in [1.82, 2.24) is 21.4 Å². The maximum Gasteiger partial charge on any atom is 0.573 e. The number of nitrogens with one attached hydrogen (secondary N) is 4. The molecule has 0 aliphatic carbocycles. The van der Waals surface area contributed by atoms with Crippen molar-refractivity contribution in [2.75, 3.05) is 12.4 Å². The molecule has 0 radical (unpaired) electrons. The lowest BCUT2D eigenvalue weighted by molar-refractivity contribution is -0.274. The molecule has 15 heteroatoms. The molecule has 0 atom stereocenters. The molecule has 9 nitrogen and oxygen atoms in total. The summed E-state index contributed by atoms with van der Waals surface area (Å²) in [6.07, 6.45) is -5.17. The standard InChI is InChI=1S/C17H12ClF5N6O3/c1-29-16(26-27-28-29)25-15(31)9-4-5-11(32-17(21,22)23)13(12(9)18)24-14(30)8-3-2-7(19)6-10(8)20/h2-6,27-28H,1H3,(H,24,30)(H,25,26,31). The number of hydrogen-bond acceptors (Lipinski definition) is 7. The van der Waals surface area contributed by atoms with Gasteiger partial charge in [-0.05, 0) is 24.3 Å². The number of hydrogen-bond donors (Lipinski definition) is 4. The summed E-state index contributed by atoms with van der Waals surface area (Å²) in [7, 11) is 1.49. The van der Waals surface area contributed by atoms with Crippen molar-refractivity contribution in [2.45, 2.75) is 6.36 Å². The normalized spacial score (nSPS) is 13.3. The predicted octanol–water partition coefficient (Wildman–Crippen LogP) is 2.72. The summed E-state index contributed by atoms with van der Waals surface area (Å²) in [6.45, 7) is 0. The predicted molar refractivity (Wildman–Crippen MR) is 101 cm³/mol. The molecule has 1 heterocycles. The van der Waals surface area contributed by atoms with Crippen molar-refractivity contribution < 1.29 is 36.3 Å². The molecule has 3 rings (SSSR count). The van der Waals surface area contributed by atoms with E-state index in [-0.39, 0.29) is 11.5 Å². The van der Waals surface area contributed by atoms with Crippen LogP contribution in [0.3, 0.4) is 0 Å². The minimum atomic E-state index is -5.17. The molecule has 170 valence electrons. The van der Waals surface area contributed by atoms with Gasteiger partial charge >= 0.3 is 6.36 Å². The van der Waals surface area contributed by atoms with E-state index < -0.39 is 51.8 Å². The van der Waals surface area contributed by atoms with Gasteiger partial charge in [-0.3, -0.25) is 19.9 Å². The molecular formula is C17H12ClF5N6O3. The topological polar surface area (TPSA) is 107 Å². The zero-order valence-electron chi connectivity index (χ0n) is 15.8. The van der Waals surface area contributed by atoms with Crippen molar-refractivity contribution in [3.05, 3.63) is 58.1 Å². The van der Waals surface area contributed by atoms with Gasteiger partial charge in [0.05, 0.1) is 16.1 Å². The van der Waals surface area contributed by atoms with Crippen LogP contribution in [0.25, 0.3) is 0 Å². The van der Waals surface area contributed by atoms with E-state index in [0.717, 1.165) is 24.3 Å². The molecule has 0 fully saturated rings. The monoisotopic (exact) mass is 478 g/mol. The second-order valence-electron chi connectivity index (χ2n) is 6.10. The molecule has 32 heavy (non-hydrogen) atoms. The SMILES string of the molecule is CN1NNN=C1NC(=O)c1ccc(OC(F)(F)F)c(NC(=O)c2ccc(F)cc2F)c1Cl. The number of guanidine groups is 1. The summed E-state index contributed by atoms with van der Waals surface area (Å²) in [4.78, 5) is 24.9. The van der Waals surface area contributed by atoms with Crippen LogP contribution in [0.15, 0.2) is 35.4 Å². The first kappa shape index (κ1) is 23.0. The smallest absolute Gasteiger partial charge is 0.404 e. The second-order valence-corrected chi connectivity index (χ2v) is 6.48. The highest BCUT2D eigenvalue weighted by atomic mass is 35.5. The molecule has 2 aromatic carbocycles. The molecule has 2 amide bonds. The van der Waals surface area contributed by atoms with Crippen molar-refractivity contribution in [3.8, 4) is 5.75 Å². The quantitative estimate of drug-likeness (QED) is 0.504. The Bertz CT molecular complexity index is 1110. The summed E-state index contributed by atoms with van der Waals surface area (Å²) >= 11 is 6.09. The lowest BCUT2D eigenvalue weighted by atomic mass is 10.1. The second kappa shape index (κ2) is 8.84.